The zero-order chi connectivity index (χ0) is 25.1. The number of hydrogen-bond acceptors (Lipinski definition) is 5. The number of Topliss-reactive ketones (excluding diaryl/α,β-unsaturated/α-hetero) is 3. The van der Waals surface area contributed by atoms with Crippen LogP contribution in [0.5, 0.6) is 5.75 Å². The first-order chi connectivity index (χ1) is 14.9. The molecule has 33 heavy (non-hydrogen) atoms. The molecule has 1 aromatic rings. The standard InChI is InChI=1S/C27H35BrO5/c1-25(2,3)16-9-14(28)8-15(24(16)33)21(22-17(29)10-26(4,5)11-18(22)30)23-19(31)12-27(6,7)13-20(23)32/h8-9,21-22,31,33H,10-13H2,1-7H3/t21-/m1/s1. The molecule has 0 aliphatic heterocycles. The Kier molecular flexibility index (Phi) is 6.51. The van der Waals surface area contributed by atoms with E-state index in [9.17, 15) is 24.6 Å². The lowest BCUT2D eigenvalue weighted by molar-refractivity contribution is -0.140. The molecule has 1 aromatic carbocycles. The summed E-state index contributed by atoms with van der Waals surface area (Å²) in [6, 6.07) is 3.48. The van der Waals surface area contributed by atoms with Crippen molar-refractivity contribution in [1.82, 2.24) is 0 Å². The van der Waals surface area contributed by atoms with Crippen molar-refractivity contribution in [1.29, 1.82) is 0 Å². The van der Waals surface area contributed by atoms with Crippen LogP contribution < -0.4 is 0 Å². The zero-order valence-corrected chi connectivity index (χ0v) is 22.2. The number of phenols is 1. The van der Waals surface area contributed by atoms with E-state index in [1.807, 2.05) is 54.5 Å². The molecule has 3 rings (SSSR count). The number of benzene rings is 1. The molecule has 6 heteroatoms. The molecule has 0 heterocycles. The van der Waals surface area contributed by atoms with Gasteiger partial charge < -0.3 is 10.2 Å². The van der Waals surface area contributed by atoms with Gasteiger partial charge in [-0.25, -0.2) is 0 Å². The monoisotopic (exact) mass is 518 g/mol. The number of allylic oxidation sites excluding steroid dienone is 2. The summed E-state index contributed by atoms with van der Waals surface area (Å²) < 4.78 is 0.671. The van der Waals surface area contributed by atoms with E-state index in [4.69, 9.17) is 0 Å². The van der Waals surface area contributed by atoms with E-state index >= 15 is 0 Å². The first-order valence-electron chi connectivity index (χ1n) is 11.5. The first kappa shape index (κ1) is 25.7. The Morgan fingerprint density at radius 2 is 1.42 bits per heavy atom. The van der Waals surface area contributed by atoms with Gasteiger partial charge in [-0.3, -0.25) is 14.4 Å². The summed E-state index contributed by atoms with van der Waals surface area (Å²) in [5.41, 5.74) is -0.251. The highest BCUT2D eigenvalue weighted by Crippen LogP contribution is 2.51. The lowest BCUT2D eigenvalue weighted by atomic mass is 9.62. The minimum Gasteiger partial charge on any atom is -0.512 e. The van der Waals surface area contributed by atoms with E-state index in [1.165, 1.54) is 0 Å². The van der Waals surface area contributed by atoms with Crippen molar-refractivity contribution < 1.29 is 24.6 Å². The Labute approximate surface area is 204 Å². The molecular formula is C27H35BrO5. The van der Waals surface area contributed by atoms with Gasteiger partial charge in [0.1, 0.15) is 23.1 Å². The molecule has 5 nitrogen and oxygen atoms in total. The number of carbonyl (C=O) groups excluding carboxylic acids is 3. The van der Waals surface area contributed by atoms with Crippen LogP contribution in [0.3, 0.4) is 0 Å². The van der Waals surface area contributed by atoms with E-state index in [0.717, 1.165) is 0 Å². The maximum Gasteiger partial charge on any atom is 0.163 e. The van der Waals surface area contributed by atoms with Gasteiger partial charge in [0.2, 0.25) is 0 Å². The van der Waals surface area contributed by atoms with Crippen LogP contribution in [0.2, 0.25) is 0 Å². The Morgan fingerprint density at radius 3 is 1.91 bits per heavy atom. The van der Waals surface area contributed by atoms with E-state index in [1.54, 1.807) is 6.07 Å². The second kappa shape index (κ2) is 8.37. The van der Waals surface area contributed by atoms with Gasteiger partial charge in [0, 0.05) is 52.8 Å². The average molecular weight is 519 g/mol. The van der Waals surface area contributed by atoms with Crippen molar-refractivity contribution in [3.8, 4) is 5.75 Å². The van der Waals surface area contributed by atoms with Gasteiger partial charge in [-0.15, -0.1) is 0 Å². The minimum atomic E-state index is -1.12. The molecule has 0 spiro atoms. The van der Waals surface area contributed by atoms with Crippen LogP contribution in [-0.2, 0) is 19.8 Å². The van der Waals surface area contributed by atoms with Crippen molar-refractivity contribution in [3.05, 3.63) is 39.1 Å². The molecule has 0 bridgehead atoms. The molecule has 0 saturated heterocycles. The van der Waals surface area contributed by atoms with Crippen LogP contribution in [0.4, 0.5) is 0 Å². The second-order valence-corrected chi connectivity index (χ2v) is 13.3. The molecule has 0 radical (unpaired) electrons. The summed E-state index contributed by atoms with van der Waals surface area (Å²) in [6.07, 6.45) is 0.874. The highest BCUT2D eigenvalue weighted by atomic mass is 79.9. The van der Waals surface area contributed by atoms with Crippen LogP contribution in [0.25, 0.3) is 0 Å². The molecule has 0 amide bonds. The van der Waals surface area contributed by atoms with Crippen molar-refractivity contribution in [2.24, 2.45) is 16.7 Å². The first-order valence-corrected chi connectivity index (χ1v) is 12.3. The number of halogens is 1. The normalized spacial score (nSPS) is 22.6. The van der Waals surface area contributed by atoms with Crippen molar-refractivity contribution in [2.75, 3.05) is 0 Å². The van der Waals surface area contributed by atoms with E-state index in [2.05, 4.69) is 15.9 Å². The number of ketones is 3. The summed E-state index contributed by atoms with van der Waals surface area (Å²) >= 11 is 3.51. The van der Waals surface area contributed by atoms with Gasteiger partial charge in [-0.1, -0.05) is 64.4 Å². The largest absolute Gasteiger partial charge is 0.512 e. The van der Waals surface area contributed by atoms with Gasteiger partial charge in [0.15, 0.2) is 5.78 Å². The topological polar surface area (TPSA) is 91.7 Å². The molecule has 2 aliphatic rings. The highest BCUT2D eigenvalue weighted by Gasteiger charge is 2.49. The van der Waals surface area contributed by atoms with Crippen LogP contribution in [-0.4, -0.2) is 27.6 Å². The quantitative estimate of drug-likeness (QED) is 0.457. The average Bonchev–Trinajstić information content (AvgIpc) is 2.58. The number of carbonyl (C=O) groups is 3. The summed E-state index contributed by atoms with van der Waals surface area (Å²) in [5, 5.41) is 22.4. The number of hydrogen-bond donors (Lipinski definition) is 2. The summed E-state index contributed by atoms with van der Waals surface area (Å²) in [6.45, 7) is 13.4. The molecule has 1 atom stereocenters. The highest BCUT2D eigenvalue weighted by molar-refractivity contribution is 9.10. The molecule has 2 N–H and O–H groups in total. The second-order valence-electron chi connectivity index (χ2n) is 12.3. The number of aliphatic hydroxyl groups is 1. The fourth-order valence-electron chi connectivity index (χ4n) is 5.36. The molecule has 1 fully saturated rings. The lowest BCUT2D eigenvalue weighted by Crippen LogP contribution is -2.43. The molecule has 180 valence electrons. The minimum absolute atomic E-state index is 0.0425. The molecule has 0 aromatic heterocycles. The zero-order valence-electron chi connectivity index (χ0n) is 20.6. The number of phenolic OH excluding ortho intramolecular Hbond substituents is 1. The van der Waals surface area contributed by atoms with Crippen molar-refractivity contribution in [3.63, 3.8) is 0 Å². The number of aromatic hydroxyl groups is 1. The maximum absolute atomic E-state index is 13.4. The third-order valence-corrected chi connectivity index (χ3v) is 7.25. The number of rotatable bonds is 3. The Bertz CT molecular complexity index is 1040. The Balaban J connectivity index is 2.31. The molecular weight excluding hydrogens is 484 g/mol. The summed E-state index contributed by atoms with van der Waals surface area (Å²) in [7, 11) is 0. The third kappa shape index (κ3) is 5.11. The predicted octanol–water partition coefficient (Wildman–Crippen LogP) is 6.31. The van der Waals surface area contributed by atoms with E-state index in [-0.39, 0.29) is 60.1 Å². The maximum atomic E-state index is 13.4. The van der Waals surface area contributed by atoms with Crippen molar-refractivity contribution >= 4 is 33.3 Å². The number of aliphatic hydroxyl groups excluding tert-OH is 1. The summed E-state index contributed by atoms with van der Waals surface area (Å²) in [4.78, 5) is 40.1. The smallest absolute Gasteiger partial charge is 0.163 e. The van der Waals surface area contributed by atoms with Crippen LogP contribution in [0.1, 0.15) is 91.2 Å². The van der Waals surface area contributed by atoms with Gasteiger partial charge in [0.25, 0.3) is 0 Å². The van der Waals surface area contributed by atoms with Crippen LogP contribution in [0, 0.1) is 16.7 Å². The molecule has 1 saturated carbocycles. The van der Waals surface area contributed by atoms with E-state index in [0.29, 0.717) is 15.6 Å². The fourth-order valence-corrected chi connectivity index (χ4v) is 5.84. The Hall–Kier alpha value is -1.95. The molecule has 0 unspecified atom stereocenters. The SMILES string of the molecule is CC1(C)CC(=O)C([C@H](C2=C(O)CC(C)(C)CC2=O)c2cc(Br)cc(C(C)(C)C)c2O)C(=O)C1. The van der Waals surface area contributed by atoms with E-state index < -0.39 is 28.1 Å². The Morgan fingerprint density at radius 1 is 0.909 bits per heavy atom. The summed E-state index contributed by atoms with van der Waals surface area (Å²) in [5.74, 6) is -3.07. The lowest BCUT2D eigenvalue weighted by Gasteiger charge is -2.39. The van der Waals surface area contributed by atoms with Crippen molar-refractivity contribution in [2.45, 2.75) is 85.5 Å². The third-order valence-electron chi connectivity index (χ3n) is 6.79. The molecule has 2 aliphatic carbocycles. The van der Waals surface area contributed by atoms with Gasteiger partial charge >= 0.3 is 0 Å². The van der Waals surface area contributed by atoms with Gasteiger partial charge in [0.05, 0.1) is 5.92 Å². The van der Waals surface area contributed by atoms with Gasteiger partial charge in [-0.2, -0.15) is 0 Å². The van der Waals surface area contributed by atoms with Gasteiger partial charge in [-0.05, 0) is 28.4 Å². The van der Waals surface area contributed by atoms with Crippen LogP contribution >= 0.6 is 15.9 Å². The van der Waals surface area contributed by atoms with Crippen LogP contribution in [0.15, 0.2) is 27.9 Å². The fraction of sp³-hybridized carbons (Fsp3) is 0.593. The predicted molar refractivity (Wildman–Crippen MR) is 131 cm³/mol.